The smallest absolute Gasteiger partial charge is 0.313 e. The van der Waals surface area contributed by atoms with E-state index >= 15 is 0 Å². The van der Waals surface area contributed by atoms with Gasteiger partial charge in [-0.2, -0.15) is 0 Å². The number of allylic oxidation sites excluding steroid dienone is 7. The Bertz CT molecular complexity index is 1630. The van der Waals surface area contributed by atoms with Gasteiger partial charge in [-0.05, 0) is 141 Å². The first-order chi connectivity index (χ1) is 21.9. The zero-order valence-electron chi connectivity index (χ0n) is 28.8. The van der Waals surface area contributed by atoms with Crippen molar-refractivity contribution in [2.75, 3.05) is 13.7 Å². The molecule has 1 aromatic heterocycles. The third-order valence-electron chi connectivity index (χ3n) is 8.35. The van der Waals surface area contributed by atoms with Crippen LogP contribution in [0, 0.1) is 6.92 Å². The van der Waals surface area contributed by atoms with Crippen LogP contribution in [0.15, 0.2) is 89.1 Å². The molecule has 0 aliphatic rings. The number of benzene rings is 2. The number of esters is 1. The van der Waals surface area contributed by atoms with Crippen LogP contribution in [-0.4, -0.2) is 30.2 Å². The van der Waals surface area contributed by atoms with Crippen molar-refractivity contribution in [2.24, 2.45) is 0 Å². The third kappa shape index (κ3) is 10.3. The van der Waals surface area contributed by atoms with Crippen molar-refractivity contribution in [3.8, 4) is 5.75 Å². The van der Waals surface area contributed by atoms with Gasteiger partial charge in [-0.25, -0.2) is 0 Å². The topological polar surface area (TPSA) is 57.5 Å². The molecule has 0 aliphatic heterocycles. The van der Waals surface area contributed by atoms with E-state index in [2.05, 4.69) is 52.8 Å². The summed E-state index contributed by atoms with van der Waals surface area (Å²) in [5.41, 5.74) is 8.08. The molecule has 0 spiro atoms. The van der Waals surface area contributed by atoms with Gasteiger partial charge in [-0.1, -0.05) is 52.1 Å². The molecule has 1 heterocycles. The molecule has 0 saturated carbocycles. The number of methoxy groups -OCH3 is 1. The van der Waals surface area contributed by atoms with Crippen LogP contribution in [0.5, 0.6) is 5.75 Å². The summed E-state index contributed by atoms with van der Waals surface area (Å²) in [6, 6.07) is 12.3. The van der Waals surface area contributed by atoms with Gasteiger partial charge in [0, 0.05) is 21.7 Å². The van der Waals surface area contributed by atoms with Crippen LogP contribution in [0.3, 0.4) is 0 Å². The highest BCUT2D eigenvalue weighted by Gasteiger charge is 2.27. The number of carbonyl (C=O) groups excluding carboxylic acids is 2. The van der Waals surface area contributed by atoms with E-state index in [1.54, 1.807) is 35.9 Å². The lowest BCUT2D eigenvalue weighted by Gasteiger charge is -2.13. The minimum atomic E-state index is -0.585. The Morgan fingerprint density at radius 3 is 1.96 bits per heavy atom. The van der Waals surface area contributed by atoms with E-state index in [1.165, 1.54) is 22.3 Å². The van der Waals surface area contributed by atoms with Crippen molar-refractivity contribution in [2.45, 2.75) is 92.9 Å². The van der Waals surface area contributed by atoms with E-state index in [0.717, 1.165) is 49.5 Å². The number of ether oxygens (including phenoxy) is 2. The van der Waals surface area contributed by atoms with Crippen molar-refractivity contribution in [3.63, 3.8) is 0 Å². The quantitative estimate of drug-likeness (QED) is 0.122. The summed E-state index contributed by atoms with van der Waals surface area (Å²) < 4.78 is 12.8. The minimum Gasteiger partial charge on any atom is -0.497 e. The fraction of sp³-hybridized carbons (Fsp3) is 0.400. The van der Waals surface area contributed by atoms with E-state index < -0.39 is 5.92 Å². The number of hydrogen-bond donors (Lipinski definition) is 0. The standard InChI is InChI=1S/C40H50ClNO4/c1-27(2)12-9-13-28(3)14-10-15-29(4)16-11-17-30(5)24-25-46-40(44)31(6)38-32(7)42(37-23-22-35(45-8)26-36(37)38)39(43)33-18-20-34(41)21-19-33/h12,14,16,18-24,26,31H,9-11,13,15,17,25H2,1-8H3. The van der Waals surface area contributed by atoms with Gasteiger partial charge in [0.25, 0.3) is 5.91 Å². The van der Waals surface area contributed by atoms with Gasteiger partial charge in [0.2, 0.25) is 0 Å². The zero-order chi connectivity index (χ0) is 33.8. The highest BCUT2D eigenvalue weighted by atomic mass is 35.5. The van der Waals surface area contributed by atoms with Crippen LogP contribution in [-0.2, 0) is 9.53 Å². The number of fused-ring (bicyclic) bond motifs is 1. The van der Waals surface area contributed by atoms with Gasteiger partial charge in [0.1, 0.15) is 12.4 Å². The second-order valence-electron chi connectivity index (χ2n) is 12.4. The Labute approximate surface area is 280 Å². The van der Waals surface area contributed by atoms with E-state index in [9.17, 15) is 9.59 Å². The molecule has 1 unspecified atom stereocenters. The van der Waals surface area contributed by atoms with Crippen LogP contribution < -0.4 is 4.74 Å². The van der Waals surface area contributed by atoms with Crippen LogP contribution in [0.1, 0.15) is 108 Å². The molecule has 0 amide bonds. The molecule has 2 aromatic carbocycles. The number of carbonyl (C=O) groups is 2. The average molecular weight is 644 g/mol. The van der Waals surface area contributed by atoms with Crippen molar-refractivity contribution >= 4 is 34.4 Å². The molecule has 5 nitrogen and oxygen atoms in total. The summed E-state index contributed by atoms with van der Waals surface area (Å²) in [4.78, 5) is 26.9. The second-order valence-corrected chi connectivity index (χ2v) is 12.9. The van der Waals surface area contributed by atoms with Crippen LogP contribution in [0.2, 0.25) is 5.02 Å². The van der Waals surface area contributed by atoms with Crippen molar-refractivity contribution in [1.82, 2.24) is 4.57 Å². The molecule has 46 heavy (non-hydrogen) atoms. The maximum Gasteiger partial charge on any atom is 0.313 e. The lowest BCUT2D eigenvalue weighted by molar-refractivity contribution is -0.143. The van der Waals surface area contributed by atoms with Crippen molar-refractivity contribution in [1.29, 1.82) is 0 Å². The molecule has 0 bridgehead atoms. The Balaban J connectivity index is 1.61. The van der Waals surface area contributed by atoms with Gasteiger partial charge in [0.15, 0.2) is 0 Å². The first kappa shape index (κ1) is 36.6. The molecule has 246 valence electrons. The summed E-state index contributed by atoms with van der Waals surface area (Å²) in [5, 5.41) is 1.34. The van der Waals surface area contributed by atoms with Gasteiger partial charge < -0.3 is 9.47 Å². The lowest BCUT2D eigenvalue weighted by atomic mass is 9.98. The number of nitrogens with zero attached hydrogens (tertiary/aromatic N) is 1. The second kappa shape index (κ2) is 17.8. The predicted molar refractivity (Wildman–Crippen MR) is 192 cm³/mol. The van der Waals surface area contributed by atoms with Gasteiger partial charge >= 0.3 is 5.97 Å². The lowest BCUT2D eigenvalue weighted by Crippen LogP contribution is -2.17. The monoisotopic (exact) mass is 643 g/mol. The molecular weight excluding hydrogens is 594 g/mol. The molecule has 0 fully saturated rings. The molecule has 3 aromatic rings. The molecule has 1 atom stereocenters. The Kier molecular flexibility index (Phi) is 14.1. The highest BCUT2D eigenvalue weighted by molar-refractivity contribution is 6.30. The van der Waals surface area contributed by atoms with E-state index in [0.29, 0.717) is 27.5 Å². The Morgan fingerprint density at radius 2 is 1.39 bits per heavy atom. The maximum atomic E-state index is 13.6. The Morgan fingerprint density at radius 1 is 0.826 bits per heavy atom. The zero-order valence-corrected chi connectivity index (χ0v) is 29.6. The number of hydrogen-bond acceptors (Lipinski definition) is 4. The summed E-state index contributed by atoms with van der Waals surface area (Å²) in [6.45, 7) is 14.7. The predicted octanol–water partition coefficient (Wildman–Crippen LogP) is 11.1. The highest BCUT2D eigenvalue weighted by Crippen LogP contribution is 2.35. The van der Waals surface area contributed by atoms with Crippen molar-refractivity contribution in [3.05, 3.63) is 111 Å². The number of rotatable bonds is 15. The van der Waals surface area contributed by atoms with Gasteiger partial charge in [-0.3, -0.25) is 14.2 Å². The van der Waals surface area contributed by atoms with Gasteiger partial charge in [0.05, 0.1) is 18.5 Å². The molecule has 0 radical (unpaired) electrons. The van der Waals surface area contributed by atoms with Crippen molar-refractivity contribution < 1.29 is 19.1 Å². The minimum absolute atomic E-state index is 0.194. The van der Waals surface area contributed by atoms with Gasteiger partial charge in [-0.15, -0.1) is 0 Å². The molecule has 3 rings (SSSR count). The Hall–Kier alpha value is -3.83. The molecular formula is C40H50ClNO4. The summed E-state index contributed by atoms with van der Waals surface area (Å²) in [5.74, 6) is -0.471. The summed E-state index contributed by atoms with van der Waals surface area (Å²) in [7, 11) is 1.60. The molecule has 6 heteroatoms. The number of halogens is 1. The fourth-order valence-electron chi connectivity index (χ4n) is 5.57. The average Bonchev–Trinajstić information content (AvgIpc) is 3.30. The van der Waals surface area contributed by atoms with Crippen LogP contribution >= 0.6 is 11.6 Å². The molecule has 0 aliphatic carbocycles. The largest absolute Gasteiger partial charge is 0.497 e. The van der Waals surface area contributed by atoms with Crippen LogP contribution in [0.4, 0.5) is 0 Å². The maximum absolute atomic E-state index is 13.6. The first-order valence-corrected chi connectivity index (χ1v) is 16.6. The third-order valence-corrected chi connectivity index (χ3v) is 8.60. The fourth-order valence-corrected chi connectivity index (χ4v) is 5.70. The summed E-state index contributed by atoms with van der Waals surface area (Å²) >= 11 is 6.05. The summed E-state index contributed by atoms with van der Waals surface area (Å²) in [6.07, 6.45) is 15.2. The normalized spacial score (nSPS) is 13.1. The molecule has 0 N–H and O–H groups in total. The van der Waals surface area contributed by atoms with E-state index in [1.807, 2.05) is 38.1 Å². The van der Waals surface area contributed by atoms with E-state index in [-0.39, 0.29) is 18.5 Å². The van der Waals surface area contributed by atoms with Crippen LogP contribution in [0.25, 0.3) is 10.9 Å². The number of aromatic nitrogens is 1. The first-order valence-electron chi connectivity index (χ1n) is 16.2. The molecule has 0 saturated heterocycles. The van der Waals surface area contributed by atoms with E-state index in [4.69, 9.17) is 21.1 Å². The SMILES string of the molecule is COc1ccc2c(c1)c(C(C)C(=O)OCC=C(C)CCC=C(C)CCC=C(C)CCC=C(C)C)c(C)n2C(=O)c1ccc(Cl)cc1.